The average Bonchev–Trinajstić information content (AvgIpc) is 3.27. The van der Waals surface area contributed by atoms with Crippen LogP contribution in [-0.4, -0.2) is 44.1 Å². The number of ether oxygens (including phenoxy) is 1. The van der Waals surface area contributed by atoms with Crippen molar-refractivity contribution in [3.05, 3.63) is 61.8 Å². The molecule has 0 radical (unpaired) electrons. The predicted molar refractivity (Wildman–Crippen MR) is 120 cm³/mol. The molecule has 4 rings (SSSR count). The van der Waals surface area contributed by atoms with Crippen LogP contribution in [0.2, 0.25) is 0 Å². The number of aryl methyl sites for hydroxylation is 1. The Balaban J connectivity index is 1.64. The van der Waals surface area contributed by atoms with Gasteiger partial charge in [-0.3, -0.25) is 19.1 Å². The predicted octanol–water partition coefficient (Wildman–Crippen LogP) is 2.61. The monoisotopic (exact) mass is 423 g/mol. The molecular weight excluding hydrogens is 394 g/mol. The molecule has 1 aliphatic heterocycles. The highest BCUT2D eigenvalue weighted by atomic mass is 16.5. The number of aromatic nitrogens is 4. The quantitative estimate of drug-likeness (QED) is 0.442. The van der Waals surface area contributed by atoms with Crippen molar-refractivity contribution in [3.8, 4) is 6.01 Å². The van der Waals surface area contributed by atoms with Crippen molar-refractivity contribution in [1.29, 1.82) is 0 Å². The number of nitrogens with one attached hydrogen (secondary N) is 1. The number of benzene rings is 1. The number of rotatable bonds is 8. The Kier molecular flexibility index (Phi) is 6.46. The first kappa shape index (κ1) is 21.2. The molecule has 0 bridgehead atoms. The van der Waals surface area contributed by atoms with Gasteiger partial charge in [0.05, 0.1) is 18.8 Å². The van der Waals surface area contributed by atoms with E-state index in [-0.39, 0.29) is 12.6 Å². The van der Waals surface area contributed by atoms with E-state index in [0.29, 0.717) is 23.5 Å². The van der Waals surface area contributed by atoms with E-state index in [1.165, 1.54) is 23.0 Å². The summed E-state index contributed by atoms with van der Waals surface area (Å²) in [6.07, 6.45) is 4.42. The summed E-state index contributed by atoms with van der Waals surface area (Å²) in [5.74, 6) is 0. The summed E-state index contributed by atoms with van der Waals surface area (Å²) in [7, 11) is 0. The van der Waals surface area contributed by atoms with Gasteiger partial charge in [0.1, 0.15) is 5.52 Å². The van der Waals surface area contributed by atoms with Crippen LogP contribution in [0.4, 0.5) is 0 Å². The maximum Gasteiger partial charge on any atom is 0.318 e. The minimum atomic E-state index is -0.676. The van der Waals surface area contributed by atoms with Crippen molar-refractivity contribution in [3.63, 3.8) is 0 Å². The number of nitrogens with zero attached hydrogens (tertiary/aromatic N) is 4. The van der Waals surface area contributed by atoms with Gasteiger partial charge in [0, 0.05) is 6.54 Å². The fourth-order valence-corrected chi connectivity index (χ4v) is 3.91. The molecule has 31 heavy (non-hydrogen) atoms. The van der Waals surface area contributed by atoms with Crippen LogP contribution in [0.3, 0.4) is 0 Å². The summed E-state index contributed by atoms with van der Waals surface area (Å²) in [6, 6.07) is 8.43. The standard InChI is InChI=1S/C23H29N5O3/c1-3-4-13-31-23-24-16(2)19-20(26-23)28(22(30)21(29)25-19)15-18-9-7-17(8-10-18)14-27-11-5-6-12-27/h7-10H,3-6,11-15H2,1-2H3,(H,25,29). The highest BCUT2D eigenvalue weighted by Crippen LogP contribution is 2.17. The molecular formula is C23H29N5O3. The topological polar surface area (TPSA) is 93.1 Å². The van der Waals surface area contributed by atoms with Gasteiger partial charge >= 0.3 is 17.1 Å². The van der Waals surface area contributed by atoms with E-state index in [2.05, 4.69) is 38.9 Å². The Labute approximate surface area is 180 Å². The SMILES string of the molecule is CCCCOc1nc(C)c2[nH]c(=O)c(=O)n(Cc3ccc(CN4CCCC4)cc3)c2n1. The summed E-state index contributed by atoms with van der Waals surface area (Å²) >= 11 is 0. The van der Waals surface area contributed by atoms with Gasteiger partial charge in [-0.2, -0.15) is 9.97 Å². The van der Waals surface area contributed by atoms with E-state index in [4.69, 9.17) is 4.74 Å². The number of likely N-dealkylation sites (tertiary alicyclic amines) is 1. The number of fused-ring (bicyclic) bond motifs is 1. The molecule has 3 aromatic rings. The lowest BCUT2D eigenvalue weighted by Crippen LogP contribution is -2.37. The van der Waals surface area contributed by atoms with Crippen LogP contribution in [-0.2, 0) is 13.1 Å². The highest BCUT2D eigenvalue weighted by molar-refractivity contribution is 5.72. The van der Waals surface area contributed by atoms with Gasteiger partial charge in [-0.1, -0.05) is 37.6 Å². The first-order valence-electron chi connectivity index (χ1n) is 11.0. The average molecular weight is 424 g/mol. The van der Waals surface area contributed by atoms with E-state index in [1.807, 2.05) is 12.1 Å². The van der Waals surface area contributed by atoms with E-state index in [9.17, 15) is 9.59 Å². The van der Waals surface area contributed by atoms with Crippen LogP contribution in [0.15, 0.2) is 33.9 Å². The van der Waals surface area contributed by atoms with Gasteiger partial charge in [-0.15, -0.1) is 0 Å². The summed E-state index contributed by atoms with van der Waals surface area (Å²) in [4.78, 5) is 38.8. The zero-order valence-corrected chi connectivity index (χ0v) is 18.2. The molecule has 1 N–H and O–H groups in total. The molecule has 3 heterocycles. The summed E-state index contributed by atoms with van der Waals surface area (Å²) in [5.41, 5.74) is 2.28. The maximum atomic E-state index is 12.7. The van der Waals surface area contributed by atoms with Crippen LogP contribution in [0.5, 0.6) is 6.01 Å². The molecule has 8 heteroatoms. The van der Waals surface area contributed by atoms with Gasteiger partial charge in [0.15, 0.2) is 5.65 Å². The molecule has 1 fully saturated rings. The first-order chi connectivity index (χ1) is 15.0. The molecule has 0 amide bonds. The number of hydrogen-bond acceptors (Lipinski definition) is 6. The second-order valence-corrected chi connectivity index (χ2v) is 8.14. The molecule has 0 spiro atoms. The third-order valence-electron chi connectivity index (χ3n) is 5.68. The fourth-order valence-electron chi connectivity index (χ4n) is 3.91. The molecule has 0 saturated carbocycles. The third-order valence-corrected chi connectivity index (χ3v) is 5.68. The van der Waals surface area contributed by atoms with Gasteiger partial charge in [-0.25, -0.2) is 0 Å². The van der Waals surface area contributed by atoms with Gasteiger partial charge in [-0.05, 0) is 50.4 Å². The van der Waals surface area contributed by atoms with Crippen LogP contribution in [0, 0.1) is 6.92 Å². The van der Waals surface area contributed by atoms with Crippen LogP contribution >= 0.6 is 0 Å². The van der Waals surface area contributed by atoms with Crippen molar-refractivity contribution >= 4 is 11.2 Å². The number of hydrogen-bond donors (Lipinski definition) is 1. The highest BCUT2D eigenvalue weighted by Gasteiger charge is 2.15. The second-order valence-electron chi connectivity index (χ2n) is 8.14. The zero-order valence-electron chi connectivity index (χ0n) is 18.2. The molecule has 0 aliphatic carbocycles. The second kappa shape index (κ2) is 9.43. The van der Waals surface area contributed by atoms with E-state index in [0.717, 1.165) is 38.0 Å². The van der Waals surface area contributed by atoms with Crippen LogP contribution in [0.1, 0.15) is 49.4 Å². The molecule has 164 valence electrons. The van der Waals surface area contributed by atoms with Crippen LogP contribution in [0.25, 0.3) is 11.2 Å². The van der Waals surface area contributed by atoms with E-state index < -0.39 is 11.1 Å². The van der Waals surface area contributed by atoms with E-state index >= 15 is 0 Å². The molecule has 8 nitrogen and oxygen atoms in total. The molecule has 0 atom stereocenters. The minimum absolute atomic E-state index is 0.222. The van der Waals surface area contributed by atoms with Gasteiger partial charge in [0.25, 0.3) is 0 Å². The summed E-state index contributed by atoms with van der Waals surface area (Å²) in [5, 5.41) is 0. The summed E-state index contributed by atoms with van der Waals surface area (Å²) in [6.45, 7) is 7.86. The van der Waals surface area contributed by atoms with Crippen molar-refractivity contribution in [2.45, 2.75) is 52.6 Å². The normalized spacial score (nSPS) is 14.4. The number of H-pyrrole nitrogens is 1. The van der Waals surface area contributed by atoms with Crippen molar-refractivity contribution in [2.24, 2.45) is 0 Å². The maximum absolute atomic E-state index is 12.7. The Bertz CT molecular complexity index is 1160. The minimum Gasteiger partial charge on any atom is -0.463 e. The smallest absolute Gasteiger partial charge is 0.318 e. The van der Waals surface area contributed by atoms with Crippen molar-refractivity contribution in [2.75, 3.05) is 19.7 Å². The first-order valence-corrected chi connectivity index (χ1v) is 11.0. The Morgan fingerprint density at radius 2 is 1.71 bits per heavy atom. The van der Waals surface area contributed by atoms with Gasteiger partial charge in [0.2, 0.25) is 0 Å². The Hall–Kier alpha value is -3.00. The largest absolute Gasteiger partial charge is 0.463 e. The fraction of sp³-hybridized carbons (Fsp3) is 0.478. The lowest BCUT2D eigenvalue weighted by Gasteiger charge is -2.15. The molecule has 0 unspecified atom stereocenters. The lowest BCUT2D eigenvalue weighted by molar-refractivity contribution is 0.285. The lowest BCUT2D eigenvalue weighted by atomic mass is 10.1. The molecule has 1 saturated heterocycles. The van der Waals surface area contributed by atoms with E-state index in [1.54, 1.807) is 6.92 Å². The zero-order chi connectivity index (χ0) is 21.8. The number of aromatic amines is 1. The van der Waals surface area contributed by atoms with Crippen molar-refractivity contribution in [1.82, 2.24) is 24.4 Å². The van der Waals surface area contributed by atoms with Crippen LogP contribution < -0.4 is 15.9 Å². The number of unbranched alkanes of at least 4 members (excludes halogenated alkanes) is 1. The summed E-state index contributed by atoms with van der Waals surface area (Å²) < 4.78 is 7.06. The Morgan fingerprint density at radius 1 is 1.03 bits per heavy atom. The third kappa shape index (κ3) is 4.85. The molecule has 2 aromatic heterocycles. The molecule has 1 aromatic carbocycles. The molecule has 1 aliphatic rings. The van der Waals surface area contributed by atoms with Gasteiger partial charge < -0.3 is 9.72 Å². The van der Waals surface area contributed by atoms with Crippen molar-refractivity contribution < 1.29 is 4.74 Å². The Morgan fingerprint density at radius 3 is 2.39 bits per heavy atom.